The zero-order valence-electron chi connectivity index (χ0n) is 20.5. The van der Waals surface area contributed by atoms with Gasteiger partial charge in [0.2, 0.25) is 5.91 Å². The third-order valence-electron chi connectivity index (χ3n) is 5.45. The minimum absolute atomic E-state index is 0.0000759. The highest BCUT2D eigenvalue weighted by atomic mass is 32.2. The molecule has 2 aromatic carbocycles. The fraction of sp³-hybridized carbons (Fsp3) is 0.0741. The van der Waals surface area contributed by atoms with E-state index in [1.54, 1.807) is 24.3 Å². The number of nitrogen functional groups attached to an aromatic ring is 1. The van der Waals surface area contributed by atoms with Crippen LogP contribution >= 0.6 is 11.8 Å². The molecular formula is C27H21N7O3S2. The van der Waals surface area contributed by atoms with Crippen LogP contribution in [0, 0.1) is 29.6 Å². The first-order valence-corrected chi connectivity index (χ1v) is 13.9. The van der Waals surface area contributed by atoms with Gasteiger partial charge in [0.1, 0.15) is 34.4 Å². The summed E-state index contributed by atoms with van der Waals surface area (Å²) < 4.78 is 27.5. The van der Waals surface area contributed by atoms with Crippen LogP contribution in [0.1, 0.15) is 16.7 Å². The molecule has 0 saturated heterocycles. The van der Waals surface area contributed by atoms with E-state index in [1.165, 1.54) is 36.5 Å². The zero-order valence-corrected chi connectivity index (χ0v) is 22.2. The number of thioether (sulfide) groups is 1. The van der Waals surface area contributed by atoms with Crippen molar-refractivity contribution in [3.8, 4) is 23.3 Å². The second kappa shape index (κ2) is 11.6. The highest BCUT2D eigenvalue weighted by Crippen LogP contribution is 2.35. The number of rotatable bonds is 8. The molecule has 2 aromatic heterocycles. The average Bonchev–Trinajstić information content (AvgIpc) is 2.92. The van der Waals surface area contributed by atoms with E-state index < -0.39 is 15.9 Å². The lowest BCUT2D eigenvalue weighted by atomic mass is 9.96. The number of nitriles is 2. The monoisotopic (exact) mass is 555 g/mol. The van der Waals surface area contributed by atoms with E-state index in [-0.39, 0.29) is 38.4 Å². The number of sulfonamides is 1. The largest absolute Gasteiger partial charge is 0.383 e. The van der Waals surface area contributed by atoms with Crippen LogP contribution in [0.25, 0.3) is 11.1 Å². The van der Waals surface area contributed by atoms with Crippen molar-refractivity contribution in [3.63, 3.8) is 0 Å². The normalized spacial score (nSPS) is 10.7. The van der Waals surface area contributed by atoms with Crippen molar-refractivity contribution < 1.29 is 13.2 Å². The number of amides is 1. The van der Waals surface area contributed by atoms with E-state index in [4.69, 9.17) is 5.73 Å². The Morgan fingerprint density at radius 3 is 2.31 bits per heavy atom. The lowest BCUT2D eigenvalue weighted by molar-refractivity contribution is -0.113. The molecule has 0 spiro atoms. The lowest BCUT2D eigenvalue weighted by Crippen LogP contribution is -2.16. The molecule has 0 fully saturated rings. The summed E-state index contributed by atoms with van der Waals surface area (Å²) in [6, 6.07) is 21.9. The summed E-state index contributed by atoms with van der Waals surface area (Å²) in [5.41, 5.74) is 8.68. The van der Waals surface area contributed by atoms with Crippen molar-refractivity contribution >= 4 is 45.0 Å². The highest BCUT2D eigenvalue weighted by molar-refractivity contribution is 8.00. The first-order valence-electron chi connectivity index (χ1n) is 11.4. The Balaban J connectivity index is 1.48. The molecular weight excluding hydrogens is 534 g/mol. The maximum absolute atomic E-state index is 12.6. The molecule has 2 heterocycles. The van der Waals surface area contributed by atoms with Crippen LogP contribution in [-0.4, -0.2) is 30.0 Å². The number of aryl methyl sites for hydroxylation is 1. The number of nitrogens with zero attached hydrogens (tertiary/aromatic N) is 4. The molecule has 0 radical (unpaired) electrons. The van der Waals surface area contributed by atoms with Gasteiger partial charge in [-0.1, -0.05) is 47.7 Å². The minimum Gasteiger partial charge on any atom is -0.383 e. The van der Waals surface area contributed by atoms with Crippen molar-refractivity contribution in [2.24, 2.45) is 0 Å². The molecule has 39 heavy (non-hydrogen) atoms. The molecule has 0 unspecified atom stereocenters. The molecule has 4 rings (SSSR count). The summed E-state index contributed by atoms with van der Waals surface area (Å²) >= 11 is 1.01. The molecule has 1 amide bonds. The molecule has 0 aliphatic carbocycles. The number of nitrogens with two attached hydrogens (primary N) is 1. The zero-order chi connectivity index (χ0) is 28.0. The summed E-state index contributed by atoms with van der Waals surface area (Å²) in [7, 11) is -3.85. The van der Waals surface area contributed by atoms with Crippen LogP contribution in [0.5, 0.6) is 0 Å². The molecule has 0 aliphatic rings. The van der Waals surface area contributed by atoms with Crippen molar-refractivity contribution in [1.82, 2.24) is 9.97 Å². The van der Waals surface area contributed by atoms with Crippen molar-refractivity contribution in [2.75, 3.05) is 21.5 Å². The van der Waals surface area contributed by atoms with E-state index in [1.807, 2.05) is 25.1 Å². The van der Waals surface area contributed by atoms with Crippen molar-refractivity contribution in [2.45, 2.75) is 16.8 Å². The van der Waals surface area contributed by atoms with Gasteiger partial charge in [-0.25, -0.2) is 18.4 Å². The molecule has 0 saturated carbocycles. The molecule has 0 atom stereocenters. The highest BCUT2D eigenvalue weighted by Gasteiger charge is 2.21. The number of aromatic nitrogens is 2. The average molecular weight is 556 g/mol. The fourth-order valence-electron chi connectivity index (χ4n) is 3.58. The van der Waals surface area contributed by atoms with E-state index in [0.717, 1.165) is 17.3 Å². The van der Waals surface area contributed by atoms with Gasteiger partial charge in [0.05, 0.1) is 16.2 Å². The maximum atomic E-state index is 12.6. The number of carbonyl (C=O) groups excluding carboxylic acids is 1. The second-order valence-corrected chi connectivity index (χ2v) is 10.8. The molecule has 4 N–H and O–H groups in total. The quantitative estimate of drug-likeness (QED) is 0.268. The van der Waals surface area contributed by atoms with Gasteiger partial charge in [0.15, 0.2) is 0 Å². The van der Waals surface area contributed by atoms with Gasteiger partial charge in [-0.3, -0.25) is 9.52 Å². The van der Waals surface area contributed by atoms with Crippen LogP contribution in [0.2, 0.25) is 0 Å². The predicted molar refractivity (Wildman–Crippen MR) is 149 cm³/mol. The van der Waals surface area contributed by atoms with E-state index in [0.29, 0.717) is 16.8 Å². The number of carbonyl (C=O) groups is 1. The van der Waals surface area contributed by atoms with Crippen molar-refractivity contribution in [3.05, 3.63) is 89.6 Å². The lowest BCUT2D eigenvalue weighted by Gasteiger charge is -2.13. The third kappa shape index (κ3) is 6.33. The van der Waals surface area contributed by atoms with Gasteiger partial charge in [0, 0.05) is 17.4 Å². The van der Waals surface area contributed by atoms with E-state index in [9.17, 15) is 23.7 Å². The van der Waals surface area contributed by atoms with Crippen LogP contribution < -0.4 is 15.8 Å². The van der Waals surface area contributed by atoms with Gasteiger partial charge in [-0.05, 0) is 48.9 Å². The third-order valence-corrected chi connectivity index (χ3v) is 7.79. The number of anilines is 3. The minimum atomic E-state index is -3.85. The topological polar surface area (TPSA) is 175 Å². The summed E-state index contributed by atoms with van der Waals surface area (Å²) in [4.78, 5) is 20.8. The van der Waals surface area contributed by atoms with E-state index in [2.05, 4.69) is 26.1 Å². The Kier molecular flexibility index (Phi) is 8.10. The predicted octanol–water partition coefficient (Wildman–Crippen LogP) is 4.31. The molecule has 194 valence electrons. The number of benzene rings is 2. The Labute approximate surface area is 229 Å². The Bertz CT molecular complexity index is 1710. The summed E-state index contributed by atoms with van der Waals surface area (Å²) in [5.74, 6) is -0.369. The van der Waals surface area contributed by atoms with Gasteiger partial charge in [-0.15, -0.1) is 0 Å². The summed E-state index contributed by atoms with van der Waals surface area (Å²) in [5, 5.41) is 22.5. The van der Waals surface area contributed by atoms with Gasteiger partial charge >= 0.3 is 0 Å². The van der Waals surface area contributed by atoms with E-state index >= 15 is 0 Å². The first kappa shape index (κ1) is 27.1. The van der Waals surface area contributed by atoms with Gasteiger partial charge < -0.3 is 11.1 Å². The Morgan fingerprint density at radius 1 is 1.00 bits per heavy atom. The SMILES string of the molecule is Cc1ccc(-c2c(C#N)c(N)nc(SCC(=O)Nc3ccc(S(=O)(=O)Nc4ccccn4)cc3)c2C#N)cc1. The molecule has 10 nitrogen and oxygen atoms in total. The standard InChI is InChI=1S/C27H21N7O3S2/c1-17-5-7-18(8-6-17)25-21(14-28)26(30)33-27(22(25)15-29)38-16-24(35)32-19-9-11-20(12-10-19)39(36,37)34-23-4-2-3-13-31-23/h2-13H,16H2,1H3,(H2,30,33)(H,31,34)(H,32,35). The van der Waals surface area contributed by atoms with Crippen LogP contribution in [-0.2, 0) is 14.8 Å². The first-order chi connectivity index (χ1) is 18.7. The number of hydrogen-bond donors (Lipinski definition) is 3. The van der Waals surface area contributed by atoms with Gasteiger partial charge in [0.25, 0.3) is 10.0 Å². The van der Waals surface area contributed by atoms with Crippen LogP contribution in [0.4, 0.5) is 17.3 Å². The Hall–Kier alpha value is -4.91. The number of nitrogens with one attached hydrogen (secondary N) is 2. The second-order valence-electron chi connectivity index (χ2n) is 8.20. The Morgan fingerprint density at radius 2 is 1.69 bits per heavy atom. The molecule has 0 aliphatic heterocycles. The number of pyridine rings is 2. The molecule has 4 aromatic rings. The summed E-state index contributed by atoms with van der Waals surface area (Å²) in [6.45, 7) is 1.92. The summed E-state index contributed by atoms with van der Waals surface area (Å²) in [6.07, 6.45) is 1.47. The molecule has 12 heteroatoms. The number of hydrogen-bond acceptors (Lipinski definition) is 9. The van der Waals surface area contributed by atoms with Crippen LogP contribution in [0.15, 0.2) is 82.8 Å². The van der Waals surface area contributed by atoms with Crippen LogP contribution in [0.3, 0.4) is 0 Å². The smallest absolute Gasteiger partial charge is 0.263 e. The van der Waals surface area contributed by atoms with Crippen molar-refractivity contribution in [1.29, 1.82) is 10.5 Å². The molecule has 0 bridgehead atoms. The van der Waals surface area contributed by atoms with Gasteiger partial charge in [-0.2, -0.15) is 10.5 Å². The maximum Gasteiger partial charge on any atom is 0.263 e. The fourth-order valence-corrected chi connectivity index (χ4v) is 5.38.